The molecule has 0 unspecified atom stereocenters. The normalized spacial score (nSPS) is 11.5. The maximum atomic E-state index is 11.3. The summed E-state index contributed by atoms with van der Waals surface area (Å²) in [5.74, 6) is 0.884. The lowest BCUT2D eigenvalue weighted by molar-refractivity contribution is 0.474. The van der Waals surface area contributed by atoms with Crippen molar-refractivity contribution in [3.8, 4) is 39.9 Å². The standard InChI is InChI=1S/C37H24N8O3/c46-33-20-25(14-16-27(33)32-22-43-19-5-18-38-37(43)40-32)44(23-10-12-24(13-11-23)45-41-29-6-1-2-7-30(29)42-45)26-15-17-28(34(47)21-26)36-39-31-8-3-4-9-35(31)48-36/h1-22,46-47H. The summed E-state index contributed by atoms with van der Waals surface area (Å²) in [5.41, 5.74) is 7.40. The van der Waals surface area contributed by atoms with Crippen LogP contribution in [0.3, 0.4) is 0 Å². The van der Waals surface area contributed by atoms with Crippen molar-refractivity contribution in [2.75, 3.05) is 4.90 Å². The minimum atomic E-state index is -0.00819. The minimum absolute atomic E-state index is 0.00819. The van der Waals surface area contributed by atoms with Gasteiger partial charge >= 0.3 is 0 Å². The predicted octanol–water partition coefficient (Wildman–Crippen LogP) is 7.82. The summed E-state index contributed by atoms with van der Waals surface area (Å²) >= 11 is 0. The predicted molar refractivity (Wildman–Crippen MR) is 182 cm³/mol. The van der Waals surface area contributed by atoms with Crippen molar-refractivity contribution in [3.63, 3.8) is 0 Å². The average Bonchev–Trinajstić information content (AvgIpc) is 3.85. The zero-order valence-electron chi connectivity index (χ0n) is 25.1. The molecule has 48 heavy (non-hydrogen) atoms. The summed E-state index contributed by atoms with van der Waals surface area (Å²) in [5, 5.41) is 31.8. The lowest BCUT2D eigenvalue weighted by Gasteiger charge is -2.26. The van der Waals surface area contributed by atoms with E-state index in [1.54, 1.807) is 33.6 Å². The van der Waals surface area contributed by atoms with Crippen LogP contribution in [0.15, 0.2) is 138 Å². The van der Waals surface area contributed by atoms with Gasteiger partial charge in [-0.2, -0.15) is 4.80 Å². The smallest absolute Gasteiger partial charge is 0.234 e. The summed E-state index contributed by atoms with van der Waals surface area (Å²) < 4.78 is 7.73. The molecule has 0 amide bonds. The largest absolute Gasteiger partial charge is 0.507 e. The van der Waals surface area contributed by atoms with Crippen molar-refractivity contribution in [1.29, 1.82) is 0 Å². The third-order valence-corrected chi connectivity index (χ3v) is 8.14. The van der Waals surface area contributed by atoms with Crippen LogP contribution in [0.4, 0.5) is 17.1 Å². The first-order chi connectivity index (χ1) is 23.6. The topological polar surface area (TPSA) is 131 Å². The van der Waals surface area contributed by atoms with Crippen LogP contribution < -0.4 is 4.90 Å². The van der Waals surface area contributed by atoms with E-state index in [9.17, 15) is 10.2 Å². The van der Waals surface area contributed by atoms with Crippen LogP contribution in [-0.4, -0.2) is 44.6 Å². The molecule has 0 spiro atoms. The van der Waals surface area contributed by atoms with Crippen molar-refractivity contribution in [2.45, 2.75) is 0 Å². The SMILES string of the molecule is Oc1cc(N(c2ccc(-n3nc4ccccc4n3)cc2)c2ccc(-c3nc4ccccc4o3)c(O)c2)ccc1-c1cn2cccnc2n1. The fraction of sp³-hybridized carbons (Fsp3) is 0. The lowest BCUT2D eigenvalue weighted by atomic mass is 10.1. The van der Waals surface area contributed by atoms with Gasteiger partial charge in [-0.3, -0.25) is 4.40 Å². The van der Waals surface area contributed by atoms with Crippen LogP contribution in [0.5, 0.6) is 11.5 Å². The first-order valence-electron chi connectivity index (χ1n) is 15.1. The maximum Gasteiger partial charge on any atom is 0.234 e. The Morgan fingerprint density at radius 3 is 1.94 bits per heavy atom. The van der Waals surface area contributed by atoms with Crippen molar-refractivity contribution in [3.05, 3.63) is 134 Å². The quantitative estimate of drug-likeness (QED) is 0.189. The van der Waals surface area contributed by atoms with E-state index < -0.39 is 0 Å². The van der Waals surface area contributed by atoms with E-state index in [-0.39, 0.29) is 11.5 Å². The van der Waals surface area contributed by atoms with Gasteiger partial charge in [-0.1, -0.05) is 24.3 Å². The number of aromatic nitrogens is 7. The van der Waals surface area contributed by atoms with E-state index >= 15 is 0 Å². The van der Waals surface area contributed by atoms with Crippen LogP contribution >= 0.6 is 0 Å². The molecule has 0 aliphatic rings. The van der Waals surface area contributed by atoms with Gasteiger partial charge in [-0.05, 0) is 78.9 Å². The second kappa shape index (κ2) is 10.8. The van der Waals surface area contributed by atoms with E-state index in [1.165, 1.54) is 0 Å². The molecule has 0 saturated heterocycles. The second-order valence-corrected chi connectivity index (χ2v) is 11.2. The number of fused-ring (bicyclic) bond motifs is 3. The molecule has 9 rings (SSSR count). The van der Waals surface area contributed by atoms with Crippen LogP contribution in [-0.2, 0) is 0 Å². The number of aromatic hydroxyl groups is 2. The fourth-order valence-corrected chi connectivity index (χ4v) is 5.82. The van der Waals surface area contributed by atoms with Crippen molar-refractivity contribution in [1.82, 2.24) is 34.3 Å². The number of anilines is 3. The van der Waals surface area contributed by atoms with Gasteiger partial charge in [0.05, 0.1) is 16.9 Å². The summed E-state index contributed by atoms with van der Waals surface area (Å²) in [6, 6.07) is 35.4. The fourth-order valence-electron chi connectivity index (χ4n) is 5.82. The Balaban J connectivity index is 1.13. The summed E-state index contributed by atoms with van der Waals surface area (Å²) in [6.07, 6.45) is 5.35. The minimum Gasteiger partial charge on any atom is -0.507 e. The second-order valence-electron chi connectivity index (χ2n) is 11.2. The van der Waals surface area contributed by atoms with E-state index in [0.717, 1.165) is 22.4 Å². The van der Waals surface area contributed by atoms with Crippen molar-refractivity contribution >= 4 is 45.0 Å². The lowest BCUT2D eigenvalue weighted by Crippen LogP contribution is -2.10. The number of para-hydroxylation sites is 2. The molecule has 4 heterocycles. The zero-order valence-corrected chi connectivity index (χ0v) is 25.1. The molecular formula is C37H24N8O3. The Morgan fingerprint density at radius 2 is 1.27 bits per heavy atom. The van der Waals surface area contributed by atoms with Crippen molar-refractivity contribution < 1.29 is 14.6 Å². The maximum absolute atomic E-state index is 11.3. The van der Waals surface area contributed by atoms with Gasteiger partial charge in [0.2, 0.25) is 11.7 Å². The molecule has 230 valence electrons. The molecule has 0 radical (unpaired) electrons. The number of rotatable bonds is 6. The van der Waals surface area contributed by atoms with Crippen LogP contribution in [0.2, 0.25) is 0 Å². The number of benzene rings is 5. The number of phenolic OH excluding ortho intramolecular Hbond substituents is 2. The Bertz CT molecular complexity index is 2400. The highest BCUT2D eigenvalue weighted by Crippen LogP contribution is 2.42. The highest BCUT2D eigenvalue weighted by Gasteiger charge is 2.20. The van der Waals surface area contributed by atoms with Gasteiger partial charge in [-0.25, -0.2) is 15.0 Å². The van der Waals surface area contributed by atoms with Gasteiger partial charge in [0.25, 0.3) is 0 Å². The van der Waals surface area contributed by atoms with Gasteiger partial charge in [0.1, 0.15) is 28.0 Å². The molecule has 0 bridgehead atoms. The summed E-state index contributed by atoms with van der Waals surface area (Å²) in [6.45, 7) is 0. The van der Waals surface area contributed by atoms with Gasteiger partial charge in [-0.15, -0.1) is 10.2 Å². The molecule has 11 heteroatoms. The monoisotopic (exact) mass is 628 g/mol. The third kappa shape index (κ3) is 4.65. The molecule has 11 nitrogen and oxygen atoms in total. The number of oxazole rings is 1. The molecule has 9 aromatic rings. The number of nitrogens with zero attached hydrogens (tertiary/aromatic N) is 8. The Labute approximate surface area is 272 Å². The molecule has 0 atom stereocenters. The van der Waals surface area contributed by atoms with E-state index in [0.29, 0.717) is 51.0 Å². The molecule has 4 aromatic heterocycles. The molecule has 0 saturated carbocycles. The third-order valence-electron chi connectivity index (χ3n) is 8.14. The molecular weight excluding hydrogens is 604 g/mol. The van der Waals surface area contributed by atoms with E-state index in [2.05, 4.69) is 25.1 Å². The number of imidazole rings is 1. The first-order valence-corrected chi connectivity index (χ1v) is 15.1. The average molecular weight is 629 g/mol. The number of hydrogen-bond acceptors (Lipinski definition) is 9. The molecule has 0 aliphatic carbocycles. The Hall–Kier alpha value is -7.01. The van der Waals surface area contributed by atoms with E-state index in [1.807, 2.05) is 114 Å². The molecule has 5 aromatic carbocycles. The van der Waals surface area contributed by atoms with Crippen LogP contribution in [0, 0.1) is 0 Å². The molecule has 0 aliphatic heterocycles. The highest BCUT2D eigenvalue weighted by molar-refractivity contribution is 5.84. The first kappa shape index (κ1) is 27.3. The number of phenols is 2. The molecule has 0 fully saturated rings. The Morgan fingerprint density at radius 1 is 0.625 bits per heavy atom. The van der Waals surface area contributed by atoms with Gasteiger partial charge in [0, 0.05) is 53.3 Å². The van der Waals surface area contributed by atoms with Gasteiger partial charge in [0.15, 0.2) is 5.58 Å². The van der Waals surface area contributed by atoms with Gasteiger partial charge < -0.3 is 19.5 Å². The van der Waals surface area contributed by atoms with Crippen molar-refractivity contribution in [2.24, 2.45) is 0 Å². The Kier molecular flexibility index (Phi) is 6.15. The van der Waals surface area contributed by atoms with Crippen LogP contribution in [0.25, 0.3) is 56.3 Å². The summed E-state index contributed by atoms with van der Waals surface area (Å²) in [4.78, 5) is 16.9. The van der Waals surface area contributed by atoms with E-state index in [4.69, 9.17) is 4.42 Å². The summed E-state index contributed by atoms with van der Waals surface area (Å²) in [7, 11) is 0. The number of hydrogen-bond donors (Lipinski definition) is 2. The zero-order chi connectivity index (χ0) is 32.2. The highest BCUT2D eigenvalue weighted by atomic mass is 16.3. The molecule has 2 N–H and O–H groups in total. The van der Waals surface area contributed by atoms with Crippen LogP contribution in [0.1, 0.15) is 0 Å².